The lowest BCUT2D eigenvalue weighted by Gasteiger charge is -2.47. The fourth-order valence-corrected chi connectivity index (χ4v) is 10.6. The molecule has 0 saturated carbocycles. The molecule has 10 rings (SSSR count). The second kappa shape index (κ2) is 13.5. The molecular weight excluding hydrogens is 751 g/mol. The third kappa shape index (κ3) is 6.30. The third-order valence-corrected chi connectivity index (χ3v) is 14.6. The van der Waals surface area contributed by atoms with Crippen molar-refractivity contribution in [2.75, 3.05) is 9.80 Å². The van der Waals surface area contributed by atoms with E-state index in [9.17, 15) is 0 Å². The van der Waals surface area contributed by atoms with Crippen molar-refractivity contribution in [1.82, 2.24) is 0 Å². The first-order valence-corrected chi connectivity index (χ1v) is 22.9. The summed E-state index contributed by atoms with van der Waals surface area (Å²) < 4.78 is 7.34. The van der Waals surface area contributed by atoms with Gasteiger partial charge in [0.1, 0.15) is 5.58 Å². The predicted molar refractivity (Wildman–Crippen MR) is 267 cm³/mol. The molecule has 2 aliphatic heterocycles. The highest BCUT2D eigenvalue weighted by Crippen LogP contribution is 2.53. The van der Waals surface area contributed by atoms with Crippen LogP contribution in [-0.4, -0.2) is 6.71 Å². The van der Waals surface area contributed by atoms with Gasteiger partial charge in [-0.2, -0.15) is 0 Å². The first kappa shape index (κ1) is 40.6. The summed E-state index contributed by atoms with van der Waals surface area (Å²) in [6.07, 6.45) is 2.31. The van der Waals surface area contributed by atoms with Gasteiger partial charge < -0.3 is 14.2 Å². The van der Waals surface area contributed by atoms with E-state index in [1.54, 1.807) is 0 Å². The molecule has 0 radical (unpaired) electrons. The lowest BCUT2D eigenvalue weighted by atomic mass is 9.35. The minimum atomic E-state index is -0.131. The molecule has 62 heavy (non-hydrogen) atoms. The lowest BCUT2D eigenvalue weighted by Crippen LogP contribution is -2.61. The maximum absolute atomic E-state index is 7.34. The van der Waals surface area contributed by atoms with Crippen molar-refractivity contribution in [3.8, 4) is 11.1 Å². The Kier molecular flexibility index (Phi) is 8.85. The average molecular weight is 815 g/mol. The van der Waals surface area contributed by atoms with Crippen molar-refractivity contribution < 1.29 is 4.42 Å². The molecule has 0 atom stereocenters. The Balaban J connectivity index is 1.37. The second-order valence-electron chi connectivity index (χ2n) is 23.0. The van der Waals surface area contributed by atoms with E-state index in [0.717, 1.165) is 40.8 Å². The summed E-state index contributed by atoms with van der Waals surface area (Å²) >= 11 is 0. The van der Waals surface area contributed by atoms with E-state index >= 15 is 0 Å². The average Bonchev–Trinajstić information content (AvgIpc) is 3.60. The summed E-state index contributed by atoms with van der Waals surface area (Å²) in [7, 11) is 0. The van der Waals surface area contributed by atoms with Gasteiger partial charge in [0.15, 0.2) is 0 Å². The van der Waals surface area contributed by atoms with Gasteiger partial charge in [0, 0.05) is 33.7 Å². The van der Waals surface area contributed by atoms with Crippen LogP contribution in [-0.2, 0) is 27.1 Å². The van der Waals surface area contributed by atoms with Crippen molar-refractivity contribution in [1.29, 1.82) is 0 Å². The first-order valence-electron chi connectivity index (χ1n) is 22.9. The van der Waals surface area contributed by atoms with Gasteiger partial charge in [-0.25, -0.2) is 0 Å². The van der Waals surface area contributed by atoms with Gasteiger partial charge in [-0.3, -0.25) is 0 Å². The van der Waals surface area contributed by atoms with E-state index in [-0.39, 0.29) is 33.8 Å². The first-order chi connectivity index (χ1) is 29.1. The molecular formula is C58H63BN2O. The number of rotatable bonds is 3. The van der Waals surface area contributed by atoms with Gasteiger partial charge in [0.2, 0.25) is 0 Å². The van der Waals surface area contributed by atoms with E-state index in [1.807, 2.05) is 0 Å². The molecule has 0 bridgehead atoms. The number of anilines is 6. The SMILES string of the molecule is CC(C)(C)c1ccc(N2c3cc4c(cc3B3c5oc6ccccc6c5N(c5ccc(C(C)(C)C)cc5-c5ccccc5)c5cc(C(C)(C)C)cc2c53)C(C)(C)CCC4(C)C)cc1. The van der Waals surface area contributed by atoms with Crippen LogP contribution in [0, 0.1) is 0 Å². The number of furan rings is 1. The Bertz CT molecular complexity index is 2910. The van der Waals surface area contributed by atoms with Crippen LogP contribution < -0.4 is 26.4 Å². The third-order valence-electron chi connectivity index (χ3n) is 14.6. The number of benzene rings is 6. The van der Waals surface area contributed by atoms with Crippen LogP contribution in [0.25, 0.3) is 22.1 Å². The quantitative estimate of drug-likeness (QED) is 0.166. The number of para-hydroxylation sites is 1. The van der Waals surface area contributed by atoms with Crippen molar-refractivity contribution in [3.63, 3.8) is 0 Å². The number of hydrogen-bond donors (Lipinski definition) is 0. The Hall–Kier alpha value is -5.48. The van der Waals surface area contributed by atoms with E-state index in [0.29, 0.717) is 0 Å². The maximum Gasteiger partial charge on any atom is 0.297 e. The molecule has 0 amide bonds. The minimum absolute atomic E-state index is 0.0257. The van der Waals surface area contributed by atoms with E-state index < -0.39 is 0 Å². The van der Waals surface area contributed by atoms with Gasteiger partial charge in [0.05, 0.1) is 17.0 Å². The summed E-state index contributed by atoms with van der Waals surface area (Å²) in [6, 6.07) is 46.5. The fraction of sp³-hybridized carbons (Fsp3) is 0.345. The zero-order valence-corrected chi connectivity index (χ0v) is 39.3. The molecule has 1 aliphatic carbocycles. The normalized spacial score (nSPS) is 16.5. The highest BCUT2D eigenvalue weighted by Gasteiger charge is 2.49. The number of nitrogens with zero attached hydrogens (tertiary/aromatic N) is 2. The van der Waals surface area contributed by atoms with E-state index in [4.69, 9.17) is 4.42 Å². The van der Waals surface area contributed by atoms with E-state index in [1.165, 1.54) is 72.6 Å². The Morgan fingerprint density at radius 3 is 1.71 bits per heavy atom. The zero-order valence-electron chi connectivity index (χ0n) is 39.3. The summed E-state index contributed by atoms with van der Waals surface area (Å²) in [4.78, 5) is 5.19. The molecule has 0 unspecified atom stereocenters. The van der Waals surface area contributed by atoms with E-state index in [2.05, 4.69) is 221 Å². The Morgan fingerprint density at radius 2 is 1.08 bits per heavy atom. The van der Waals surface area contributed by atoms with Crippen LogP contribution in [0.3, 0.4) is 0 Å². The summed E-state index contributed by atoms with van der Waals surface area (Å²) in [5, 5.41) is 1.14. The Labute approximate surface area is 371 Å². The molecule has 7 aromatic rings. The largest absolute Gasteiger partial charge is 0.468 e. The summed E-state index contributed by atoms with van der Waals surface area (Å²) in [5.41, 5.74) is 21.0. The molecule has 314 valence electrons. The molecule has 3 nitrogen and oxygen atoms in total. The number of hydrogen-bond acceptors (Lipinski definition) is 3. The molecule has 0 N–H and O–H groups in total. The molecule has 0 fully saturated rings. The van der Waals surface area contributed by atoms with Gasteiger partial charge in [-0.05, 0) is 139 Å². The molecule has 3 aliphatic rings. The van der Waals surface area contributed by atoms with Crippen molar-refractivity contribution >= 4 is 68.4 Å². The number of fused-ring (bicyclic) bond motifs is 7. The topological polar surface area (TPSA) is 19.6 Å². The van der Waals surface area contributed by atoms with Crippen molar-refractivity contribution in [2.45, 2.75) is 130 Å². The highest BCUT2D eigenvalue weighted by molar-refractivity contribution is 7.00. The molecule has 0 spiro atoms. The summed E-state index contributed by atoms with van der Waals surface area (Å²) in [5.74, 6) is 0. The molecule has 4 heteroatoms. The second-order valence-corrected chi connectivity index (χ2v) is 23.0. The van der Waals surface area contributed by atoms with Gasteiger partial charge in [0.25, 0.3) is 6.71 Å². The molecule has 6 aromatic carbocycles. The zero-order chi connectivity index (χ0) is 43.9. The van der Waals surface area contributed by atoms with Crippen molar-refractivity contribution in [2.24, 2.45) is 0 Å². The smallest absolute Gasteiger partial charge is 0.297 e. The molecule has 1 aromatic heterocycles. The molecule has 3 heterocycles. The monoisotopic (exact) mass is 815 g/mol. The molecule has 0 saturated heterocycles. The van der Waals surface area contributed by atoms with Crippen LogP contribution in [0.5, 0.6) is 0 Å². The van der Waals surface area contributed by atoms with Crippen LogP contribution in [0.15, 0.2) is 126 Å². The predicted octanol–water partition coefficient (Wildman–Crippen LogP) is 14.4. The van der Waals surface area contributed by atoms with Gasteiger partial charge in [-0.15, -0.1) is 0 Å². The van der Waals surface area contributed by atoms with Gasteiger partial charge >= 0.3 is 0 Å². The van der Waals surface area contributed by atoms with Crippen molar-refractivity contribution in [3.05, 3.63) is 149 Å². The summed E-state index contributed by atoms with van der Waals surface area (Å²) in [6.45, 7) is 30.6. The fourth-order valence-electron chi connectivity index (χ4n) is 10.6. The van der Waals surface area contributed by atoms with Crippen LogP contribution in [0.2, 0.25) is 0 Å². The van der Waals surface area contributed by atoms with Crippen LogP contribution in [0.1, 0.15) is 131 Å². The Morgan fingerprint density at radius 1 is 0.516 bits per heavy atom. The standard InChI is InChI=1S/C58H63BN2O/c1-54(2,3)37-23-26-40(27-24-37)60-47-35-44-43(57(10,11)29-30-58(44,12)13)34-45(47)59-51-48(60)32-39(56(7,8)9)33-49(51)61(52-41-21-17-18-22-50(41)62-53(52)59)46-28-25-38(55(4,5)6)31-42(46)36-19-15-14-16-20-36/h14-28,31-35H,29-30H2,1-13H3. The minimum Gasteiger partial charge on any atom is -0.468 e. The van der Waals surface area contributed by atoms with Crippen LogP contribution in [0.4, 0.5) is 34.1 Å². The van der Waals surface area contributed by atoms with Gasteiger partial charge in [-0.1, -0.05) is 157 Å². The van der Waals surface area contributed by atoms with Crippen LogP contribution >= 0.6 is 0 Å². The maximum atomic E-state index is 7.34. The lowest BCUT2D eigenvalue weighted by molar-refractivity contribution is 0.332. The highest BCUT2D eigenvalue weighted by atomic mass is 16.3.